The molecule has 0 radical (unpaired) electrons. The van der Waals surface area contributed by atoms with Crippen LogP contribution in [0.15, 0.2) is 53.7 Å². The van der Waals surface area contributed by atoms with Gasteiger partial charge in [-0.1, -0.05) is 13.8 Å². The molecule has 2 heterocycles. The first-order chi connectivity index (χ1) is 14.2. The second-order valence-corrected chi connectivity index (χ2v) is 9.95. The van der Waals surface area contributed by atoms with Crippen molar-refractivity contribution in [2.45, 2.75) is 38.5 Å². The van der Waals surface area contributed by atoms with Crippen LogP contribution in [0.5, 0.6) is 0 Å². The third-order valence-electron chi connectivity index (χ3n) is 4.88. The molecule has 0 saturated heterocycles. The van der Waals surface area contributed by atoms with Crippen LogP contribution in [-0.4, -0.2) is 28.0 Å². The molecule has 0 spiro atoms. The first kappa shape index (κ1) is 20.3. The predicted octanol–water partition coefficient (Wildman–Crippen LogP) is 3.40. The van der Waals surface area contributed by atoms with Gasteiger partial charge in [-0.25, -0.2) is 17.5 Å². The number of pyridine rings is 1. The summed E-state index contributed by atoms with van der Waals surface area (Å²) in [5, 5.41) is 3.91. The molecular weight excluding hydrogens is 407 g/mol. The average molecular weight is 431 g/mol. The lowest BCUT2D eigenvalue weighted by Crippen LogP contribution is -2.21. The molecule has 1 aliphatic carbocycles. The summed E-state index contributed by atoms with van der Waals surface area (Å²) in [6.45, 7) is 4.65. The average Bonchev–Trinajstić information content (AvgIpc) is 3.43. The summed E-state index contributed by atoms with van der Waals surface area (Å²) in [4.78, 5) is 12.0. The van der Waals surface area contributed by atoms with Gasteiger partial charge in [0.2, 0.25) is 10.0 Å². The van der Waals surface area contributed by atoms with Crippen molar-refractivity contribution in [1.29, 1.82) is 0 Å². The number of anilines is 1. The van der Waals surface area contributed by atoms with Crippen molar-refractivity contribution in [3.63, 3.8) is 0 Å². The minimum Gasteiger partial charge on any atom is -0.313 e. The van der Waals surface area contributed by atoms with Gasteiger partial charge in [0.1, 0.15) is 5.82 Å². The van der Waals surface area contributed by atoms with Crippen molar-refractivity contribution >= 4 is 15.7 Å². The Morgan fingerprint density at radius 3 is 2.63 bits per heavy atom. The molecule has 0 unspecified atom stereocenters. The van der Waals surface area contributed by atoms with Crippen LogP contribution >= 0.6 is 0 Å². The quantitative estimate of drug-likeness (QED) is 0.623. The van der Waals surface area contributed by atoms with Crippen LogP contribution in [-0.2, 0) is 16.6 Å². The minimum absolute atomic E-state index is 0.0879. The molecule has 1 aliphatic rings. The SMILES string of the molecule is CC(C)Cn1cc(-n2cc(-c3ccc(NS(=O)(=O)C4CC4)cc3F)cn2)ccc1=O. The Labute approximate surface area is 174 Å². The van der Waals surface area contributed by atoms with Crippen LogP contribution in [0.2, 0.25) is 0 Å². The highest BCUT2D eigenvalue weighted by Crippen LogP contribution is 2.31. The van der Waals surface area contributed by atoms with Crippen molar-refractivity contribution in [2.75, 3.05) is 4.72 Å². The van der Waals surface area contributed by atoms with Gasteiger partial charge in [0, 0.05) is 36.1 Å². The Bertz CT molecular complexity index is 1240. The molecule has 0 atom stereocenters. The molecule has 0 bridgehead atoms. The van der Waals surface area contributed by atoms with Gasteiger partial charge in [-0.15, -0.1) is 0 Å². The number of rotatable bonds is 7. The first-order valence-corrected chi connectivity index (χ1v) is 11.3. The van der Waals surface area contributed by atoms with E-state index in [9.17, 15) is 17.6 Å². The van der Waals surface area contributed by atoms with Crippen molar-refractivity contribution in [3.05, 3.63) is 65.1 Å². The smallest absolute Gasteiger partial charge is 0.250 e. The summed E-state index contributed by atoms with van der Waals surface area (Å²) >= 11 is 0. The van der Waals surface area contributed by atoms with Crippen LogP contribution in [0, 0.1) is 11.7 Å². The van der Waals surface area contributed by atoms with Crippen LogP contribution in [0.25, 0.3) is 16.8 Å². The number of halogens is 1. The van der Waals surface area contributed by atoms with Gasteiger partial charge in [0.15, 0.2) is 0 Å². The van der Waals surface area contributed by atoms with Gasteiger partial charge in [0.05, 0.1) is 22.8 Å². The standard InChI is InChI=1S/C21H23FN4O3S/c1-14(2)11-25-13-17(4-8-21(25)27)26-12-15(10-23-26)19-7-3-16(9-20(19)22)24-30(28,29)18-5-6-18/h3-4,7-10,12-14,18,24H,5-6,11H2,1-2H3. The zero-order valence-electron chi connectivity index (χ0n) is 16.7. The molecule has 1 saturated carbocycles. The fraction of sp³-hybridized carbons (Fsp3) is 0.333. The van der Waals surface area contributed by atoms with E-state index in [1.807, 2.05) is 13.8 Å². The van der Waals surface area contributed by atoms with Crippen molar-refractivity contribution < 1.29 is 12.8 Å². The maximum Gasteiger partial charge on any atom is 0.250 e. The normalized spacial score (nSPS) is 14.3. The fourth-order valence-corrected chi connectivity index (χ4v) is 4.61. The maximum absolute atomic E-state index is 14.7. The zero-order valence-corrected chi connectivity index (χ0v) is 17.6. The molecule has 2 aromatic heterocycles. The first-order valence-electron chi connectivity index (χ1n) is 9.80. The van der Waals surface area contributed by atoms with E-state index in [-0.39, 0.29) is 16.5 Å². The van der Waals surface area contributed by atoms with E-state index in [0.717, 1.165) is 0 Å². The van der Waals surface area contributed by atoms with Crippen molar-refractivity contribution in [2.24, 2.45) is 5.92 Å². The summed E-state index contributed by atoms with van der Waals surface area (Å²) in [6.07, 6.45) is 6.21. The lowest BCUT2D eigenvalue weighted by Gasteiger charge is -2.10. The van der Waals surface area contributed by atoms with Crippen molar-refractivity contribution in [1.82, 2.24) is 14.3 Å². The summed E-state index contributed by atoms with van der Waals surface area (Å²) < 4.78 is 44.4. The fourth-order valence-electron chi connectivity index (χ4n) is 3.23. The second kappa shape index (κ2) is 7.71. The third kappa shape index (κ3) is 4.30. The lowest BCUT2D eigenvalue weighted by molar-refractivity contribution is 0.509. The van der Waals surface area contributed by atoms with E-state index >= 15 is 0 Å². The summed E-state index contributed by atoms with van der Waals surface area (Å²) in [5.41, 5.74) is 1.67. The maximum atomic E-state index is 14.7. The molecule has 0 amide bonds. The number of nitrogens with zero attached hydrogens (tertiary/aromatic N) is 3. The van der Waals surface area contributed by atoms with Crippen LogP contribution < -0.4 is 10.3 Å². The Hall–Kier alpha value is -2.94. The number of benzene rings is 1. The number of hydrogen-bond donors (Lipinski definition) is 1. The van der Waals surface area contributed by atoms with Crippen molar-refractivity contribution in [3.8, 4) is 16.8 Å². The van der Waals surface area contributed by atoms with Gasteiger partial charge in [-0.05, 0) is 43.0 Å². The van der Waals surface area contributed by atoms with Gasteiger partial charge in [-0.2, -0.15) is 5.10 Å². The van der Waals surface area contributed by atoms with E-state index in [0.29, 0.717) is 42.1 Å². The lowest BCUT2D eigenvalue weighted by atomic mass is 10.1. The number of nitrogens with one attached hydrogen (secondary N) is 1. The van der Waals surface area contributed by atoms with Gasteiger partial charge >= 0.3 is 0 Å². The number of aromatic nitrogens is 3. The number of sulfonamides is 1. The highest BCUT2D eigenvalue weighted by atomic mass is 32.2. The largest absolute Gasteiger partial charge is 0.313 e. The Balaban J connectivity index is 1.59. The van der Waals surface area contributed by atoms with E-state index in [1.54, 1.807) is 33.8 Å². The monoisotopic (exact) mass is 430 g/mol. The van der Waals surface area contributed by atoms with Crippen LogP contribution in [0.4, 0.5) is 10.1 Å². The van der Waals surface area contributed by atoms with Gasteiger partial charge < -0.3 is 4.57 Å². The van der Waals surface area contributed by atoms with E-state index in [2.05, 4.69) is 9.82 Å². The zero-order chi connectivity index (χ0) is 21.5. The molecule has 30 heavy (non-hydrogen) atoms. The molecule has 7 nitrogen and oxygen atoms in total. The molecule has 3 aromatic rings. The van der Waals surface area contributed by atoms with Crippen LogP contribution in [0.3, 0.4) is 0 Å². The highest BCUT2D eigenvalue weighted by Gasteiger charge is 2.35. The summed E-state index contributed by atoms with van der Waals surface area (Å²) in [7, 11) is -3.44. The molecule has 4 rings (SSSR count). The second-order valence-electron chi connectivity index (χ2n) is 7.99. The molecular formula is C21H23FN4O3S. The number of hydrogen-bond acceptors (Lipinski definition) is 4. The summed E-state index contributed by atoms with van der Waals surface area (Å²) in [5.74, 6) is -0.230. The summed E-state index contributed by atoms with van der Waals surface area (Å²) in [6, 6.07) is 7.40. The van der Waals surface area contributed by atoms with Crippen LogP contribution in [0.1, 0.15) is 26.7 Å². The molecule has 1 N–H and O–H groups in total. The Morgan fingerprint density at radius 1 is 1.20 bits per heavy atom. The van der Waals surface area contributed by atoms with E-state index in [4.69, 9.17) is 0 Å². The topological polar surface area (TPSA) is 86.0 Å². The van der Waals surface area contributed by atoms with E-state index in [1.165, 1.54) is 24.4 Å². The van der Waals surface area contributed by atoms with E-state index < -0.39 is 15.8 Å². The predicted molar refractivity (Wildman–Crippen MR) is 114 cm³/mol. The van der Waals surface area contributed by atoms with Gasteiger partial charge in [-0.3, -0.25) is 9.52 Å². The molecule has 0 aliphatic heterocycles. The highest BCUT2D eigenvalue weighted by molar-refractivity contribution is 7.93. The molecule has 158 valence electrons. The Kier molecular flexibility index (Phi) is 5.23. The molecule has 9 heteroatoms. The third-order valence-corrected chi connectivity index (χ3v) is 6.75. The minimum atomic E-state index is -3.44. The molecule has 1 fully saturated rings. The Morgan fingerprint density at radius 2 is 1.97 bits per heavy atom. The van der Waals surface area contributed by atoms with Gasteiger partial charge in [0.25, 0.3) is 5.56 Å². The molecule has 1 aromatic carbocycles.